The average molecular weight is 295 g/mol. The number of carboxylic acid groups (broad SMARTS) is 1. The number of carbonyl (C=O) groups is 1. The van der Waals surface area contributed by atoms with Crippen LogP contribution in [0.1, 0.15) is 25.2 Å². The van der Waals surface area contributed by atoms with Gasteiger partial charge in [0.1, 0.15) is 0 Å². The molecule has 106 valence electrons. The van der Waals surface area contributed by atoms with E-state index in [-0.39, 0.29) is 6.54 Å². The molecule has 1 aromatic heterocycles. The number of halogens is 1. The highest BCUT2D eigenvalue weighted by Gasteiger charge is 2.29. The SMILES string of the molecule is CC(C)(Cn1nnnc1Cc1ccccc1Cl)C(=O)O. The van der Waals surface area contributed by atoms with Crippen molar-refractivity contribution >= 4 is 17.6 Å². The van der Waals surface area contributed by atoms with E-state index in [2.05, 4.69) is 15.5 Å². The molecule has 0 aliphatic rings. The summed E-state index contributed by atoms with van der Waals surface area (Å²) in [5.74, 6) is -0.302. The van der Waals surface area contributed by atoms with Gasteiger partial charge >= 0.3 is 5.97 Å². The maximum atomic E-state index is 11.2. The van der Waals surface area contributed by atoms with Crippen LogP contribution in [0.15, 0.2) is 24.3 Å². The standard InChI is InChI=1S/C13H15ClN4O2/c1-13(2,12(19)20)8-18-11(15-16-17-18)7-9-5-3-4-6-10(9)14/h3-6H,7-8H2,1-2H3,(H,19,20). The fraction of sp³-hybridized carbons (Fsp3) is 0.385. The van der Waals surface area contributed by atoms with E-state index in [0.29, 0.717) is 17.3 Å². The molecule has 0 unspecified atom stereocenters. The Kier molecular flexibility index (Phi) is 4.04. The van der Waals surface area contributed by atoms with E-state index in [1.807, 2.05) is 18.2 Å². The molecule has 0 fully saturated rings. The van der Waals surface area contributed by atoms with Gasteiger partial charge in [0.2, 0.25) is 0 Å². The molecule has 1 heterocycles. The molecule has 1 aromatic carbocycles. The van der Waals surface area contributed by atoms with Gasteiger partial charge in [0, 0.05) is 11.4 Å². The molecule has 0 radical (unpaired) electrons. The first-order chi connectivity index (χ1) is 9.40. The molecular weight excluding hydrogens is 280 g/mol. The van der Waals surface area contributed by atoms with Gasteiger partial charge in [-0.2, -0.15) is 0 Å². The Hall–Kier alpha value is -1.95. The van der Waals surface area contributed by atoms with Gasteiger partial charge < -0.3 is 5.11 Å². The lowest BCUT2D eigenvalue weighted by Crippen LogP contribution is -2.30. The fourth-order valence-electron chi connectivity index (χ4n) is 1.73. The van der Waals surface area contributed by atoms with E-state index in [1.165, 1.54) is 4.68 Å². The minimum absolute atomic E-state index is 0.203. The largest absolute Gasteiger partial charge is 0.481 e. The maximum absolute atomic E-state index is 11.2. The van der Waals surface area contributed by atoms with Crippen molar-refractivity contribution in [3.8, 4) is 0 Å². The first kappa shape index (κ1) is 14.5. The van der Waals surface area contributed by atoms with Crippen molar-refractivity contribution < 1.29 is 9.90 Å². The Balaban J connectivity index is 2.22. The zero-order chi connectivity index (χ0) is 14.8. The fourth-order valence-corrected chi connectivity index (χ4v) is 1.93. The van der Waals surface area contributed by atoms with Crippen molar-refractivity contribution in [2.45, 2.75) is 26.8 Å². The molecule has 0 amide bonds. The molecule has 6 nitrogen and oxygen atoms in total. The third kappa shape index (κ3) is 3.14. The number of benzene rings is 1. The van der Waals surface area contributed by atoms with E-state index in [1.54, 1.807) is 19.9 Å². The molecule has 1 N–H and O–H groups in total. The lowest BCUT2D eigenvalue weighted by Gasteiger charge is -2.19. The zero-order valence-corrected chi connectivity index (χ0v) is 12.0. The lowest BCUT2D eigenvalue weighted by molar-refractivity contribution is -0.147. The molecule has 2 rings (SSSR count). The molecule has 0 aliphatic heterocycles. The molecule has 0 atom stereocenters. The van der Waals surface area contributed by atoms with E-state index in [9.17, 15) is 4.79 Å². The minimum atomic E-state index is -0.940. The minimum Gasteiger partial charge on any atom is -0.481 e. The van der Waals surface area contributed by atoms with Gasteiger partial charge in [-0.25, -0.2) is 4.68 Å². The van der Waals surface area contributed by atoms with Crippen molar-refractivity contribution in [2.75, 3.05) is 0 Å². The Morgan fingerprint density at radius 1 is 1.40 bits per heavy atom. The summed E-state index contributed by atoms with van der Waals surface area (Å²) in [4.78, 5) is 11.2. The summed E-state index contributed by atoms with van der Waals surface area (Å²) in [6.07, 6.45) is 0.461. The van der Waals surface area contributed by atoms with Crippen molar-refractivity contribution in [1.29, 1.82) is 0 Å². The van der Waals surface area contributed by atoms with Gasteiger partial charge in [-0.3, -0.25) is 4.79 Å². The third-order valence-electron chi connectivity index (χ3n) is 3.04. The first-order valence-corrected chi connectivity index (χ1v) is 6.50. The van der Waals surface area contributed by atoms with Crippen LogP contribution in [0.25, 0.3) is 0 Å². The molecule has 0 aliphatic carbocycles. The summed E-state index contributed by atoms with van der Waals surface area (Å²) in [6.45, 7) is 3.47. The normalized spacial score (nSPS) is 11.6. The van der Waals surface area contributed by atoms with Crippen molar-refractivity contribution in [1.82, 2.24) is 20.2 Å². The topological polar surface area (TPSA) is 80.9 Å². The predicted molar refractivity (Wildman–Crippen MR) is 73.5 cm³/mol. The number of rotatable bonds is 5. The van der Waals surface area contributed by atoms with Gasteiger partial charge in [0.05, 0.1) is 12.0 Å². The Labute approximate surface area is 121 Å². The van der Waals surface area contributed by atoms with Gasteiger partial charge in [0.25, 0.3) is 0 Å². The summed E-state index contributed by atoms with van der Waals surface area (Å²) < 4.78 is 1.51. The van der Waals surface area contributed by atoms with E-state index in [0.717, 1.165) is 5.56 Å². The first-order valence-electron chi connectivity index (χ1n) is 6.12. The summed E-state index contributed by atoms with van der Waals surface area (Å²) in [5.41, 5.74) is -0.0386. The lowest BCUT2D eigenvalue weighted by atomic mass is 9.94. The second-order valence-electron chi connectivity index (χ2n) is 5.21. The molecule has 2 aromatic rings. The van der Waals surface area contributed by atoms with Crippen LogP contribution in [0.3, 0.4) is 0 Å². The number of aliphatic carboxylic acids is 1. The molecule has 0 spiro atoms. The Morgan fingerprint density at radius 3 is 2.75 bits per heavy atom. The van der Waals surface area contributed by atoms with Crippen LogP contribution in [0.2, 0.25) is 5.02 Å². The number of carboxylic acids is 1. The quantitative estimate of drug-likeness (QED) is 0.912. The Bertz CT molecular complexity index is 624. The van der Waals surface area contributed by atoms with E-state index in [4.69, 9.17) is 16.7 Å². The molecule has 0 saturated heterocycles. The summed E-state index contributed by atoms with van der Waals surface area (Å²) >= 11 is 6.11. The van der Waals surface area contributed by atoms with Crippen LogP contribution in [-0.4, -0.2) is 31.3 Å². The van der Waals surface area contributed by atoms with Gasteiger partial charge in [-0.15, -0.1) is 5.10 Å². The number of tetrazole rings is 1. The van der Waals surface area contributed by atoms with Gasteiger partial charge in [-0.1, -0.05) is 29.8 Å². The number of aromatic nitrogens is 4. The van der Waals surface area contributed by atoms with Gasteiger partial charge in [0.15, 0.2) is 5.82 Å². The van der Waals surface area contributed by atoms with Crippen LogP contribution in [0.5, 0.6) is 0 Å². The summed E-state index contributed by atoms with van der Waals surface area (Å²) in [6, 6.07) is 7.43. The second kappa shape index (κ2) is 5.58. The number of hydrogen-bond acceptors (Lipinski definition) is 4. The maximum Gasteiger partial charge on any atom is 0.310 e. The van der Waals surface area contributed by atoms with E-state index >= 15 is 0 Å². The van der Waals surface area contributed by atoms with Gasteiger partial charge in [-0.05, 0) is 35.9 Å². The van der Waals surface area contributed by atoms with Crippen molar-refractivity contribution in [3.05, 3.63) is 40.7 Å². The van der Waals surface area contributed by atoms with Crippen molar-refractivity contribution in [3.63, 3.8) is 0 Å². The van der Waals surface area contributed by atoms with Crippen LogP contribution in [0.4, 0.5) is 0 Å². The molecule has 0 saturated carbocycles. The number of hydrogen-bond donors (Lipinski definition) is 1. The van der Waals surface area contributed by atoms with Crippen LogP contribution in [-0.2, 0) is 17.8 Å². The predicted octanol–water partition coefficient (Wildman–Crippen LogP) is 2.03. The van der Waals surface area contributed by atoms with Crippen LogP contribution in [0, 0.1) is 5.41 Å². The highest BCUT2D eigenvalue weighted by Crippen LogP contribution is 2.21. The molecular formula is C13H15ClN4O2. The zero-order valence-electron chi connectivity index (χ0n) is 11.2. The molecule has 20 heavy (non-hydrogen) atoms. The Morgan fingerprint density at radius 2 is 2.10 bits per heavy atom. The highest BCUT2D eigenvalue weighted by atomic mass is 35.5. The monoisotopic (exact) mass is 294 g/mol. The molecule has 0 bridgehead atoms. The summed E-state index contributed by atoms with van der Waals surface area (Å²) in [5, 5.41) is 21.2. The molecule has 7 heteroatoms. The van der Waals surface area contributed by atoms with Crippen LogP contribution < -0.4 is 0 Å². The van der Waals surface area contributed by atoms with Crippen LogP contribution >= 0.6 is 11.6 Å². The van der Waals surface area contributed by atoms with Crippen molar-refractivity contribution in [2.24, 2.45) is 5.41 Å². The average Bonchev–Trinajstić information content (AvgIpc) is 2.79. The highest BCUT2D eigenvalue weighted by molar-refractivity contribution is 6.31. The smallest absolute Gasteiger partial charge is 0.310 e. The second-order valence-corrected chi connectivity index (χ2v) is 5.62. The summed E-state index contributed by atoms with van der Waals surface area (Å²) in [7, 11) is 0. The number of nitrogens with zero attached hydrogens (tertiary/aromatic N) is 4. The third-order valence-corrected chi connectivity index (χ3v) is 3.41. The van der Waals surface area contributed by atoms with E-state index < -0.39 is 11.4 Å².